The molecule has 3 nitrogen and oxygen atoms in total. The Bertz CT molecular complexity index is 1050. The highest BCUT2D eigenvalue weighted by atomic mass is 32.1. The Hall–Kier alpha value is -2.20. The molecule has 0 saturated carbocycles. The molecule has 0 saturated heterocycles. The first-order valence-electron chi connectivity index (χ1n) is 8.97. The van der Waals surface area contributed by atoms with Crippen LogP contribution in [0.15, 0.2) is 35.7 Å². The average Bonchev–Trinajstić information content (AvgIpc) is 3.16. The summed E-state index contributed by atoms with van der Waals surface area (Å²) in [5.41, 5.74) is 6.80. The molecule has 3 aromatic heterocycles. The maximum Gasteiger partial charge on any atom is 0.157 e. The molecule has 0 atom stereocenters. The molecule has 1 aromatic carbocycles. The number of imidazole rings is 1. The maximum atomic E-state index is 4.94. The Kier molecular flexibility index (Phi) is 4.08. The second-order valence-corrected chi connectivity index (χ2v) is 7.59. The van der Waals surface area contributed by atoms with E-state index in [1.54, 1.807) is 11.3 Å². The zero-order chi connectivity index (χ0) is 17.6. The maximum absolute atomic E-state index is 4.94. The Morgan fingerprint density at radius 2 is 1.88 bits per heavy atom. The van der Waals surface area contributed by atoms with E-state index in [-0.39, 0.29) is 0 Å². The van der Waals surface area contributed by atoms with Crippen LogP contribution < -0.4 is 0 Å². The summed E-state index contributed by atoms with van der Waals surface area (Å²) in [6.45, 7) is 8.69. The second-order valence-electron chi connectivity index (χ2n) is 6.68. The lowest BCUT2D eigenvalue weighted by Crippen LogP contribution is -2.05. The molecule has 0 amide bonds. The highest BCUT2D eigenvalue weighted by Gasteiger charge is 2.21. The third-order valence-corrected chi connectivity index (χ3v) is 6.03. The van der Waals surface area contributed by atoms with Gasteiger partial charge < -0.3 is 0 Å². The number of hydrogen-bond acceptors (Lipinski definition) is 3. The smallest absolute Gasteiger partial charge is 0.157 e. The molecular formula is C21H23N3S. The molecule has 0 spiro atoms. The van der Waals surface area contributed by atoms with Gasteiger partial charge in [0.25, 0.3) is 0 Å². The molecule has 0 aliphatic carbocycles. The second kappa shape index (κ2) is 6.26. The van der Waals surface area contributed by atoms with Crippen molar-refractivity contribution in [3.8, 4) is 11.3 Å². The predicted octanol–water partition coefficient (Wildman–Crippen LogP) is 6.13. The molecule has 0 radical (unpaired) electrons. The van der Waals surface area contributed by atoms with Gasteiger partial charge in [0, 0.05) is 26.6 Å². The van der Waals surface area contributed by atoms with Crippen LogP contribution in [0.5, 0.6) is 0 Å². The van der Waals surface area contributed by atoms with Crippen LogP contribution in [0.1, 0.15) is 49.6 Å². The van der Waals surface area contributed by atoms with Crippen LogP contribution in [0.3, 0.4) is 0 Å². The fourth-order valence-electron chi connectivity index (χ4n) is 3.78. The predicted molar refractivity (Wildman–Crippen MR) is 107 cm³/mol. The lowest BCUT2D eigenvalue weighted by atomic mass is 9.95. The van der Waals surface area contributed by atoms with E-state index in [0.29, 0.717) is 5.92 Å². The molecule has 0 N–H and O–H groups in total. The van der Waals surface area contributed by atoms with Crippen LogP contribution in [0.4, 0.5) is 0 Å². The molecular weight excluding hydrogens is 326 g/mol. The number of fused-ring (bicyclic) bond motifs is 2. The number of aryl methyl sites for hydroxylation is 2. The molecule has 0 bridgehead atoms. The lowest BCUT2D eigenvalue weighted by molar-refractivity contribution is 0.638. The van der Waals surface area contributed by atoms with Gasteiger partial charge in [0.1, 0.15) is 0 Å². The molecule has 4 heteroatoms. The summed E-state index contributed by atoms with van der Waals surface area (Å²) < 4.78 is 3.38. The summed E-state index contributed by atoms with van der Waals surface area (Å²) in [5.74, 6) is 0.526. The monoisotopic (exact) mass is 349 g/mol. The Balaban J connectivity index is 2.04. The van der Waals surface area contributed by atoms with Gasteiger partial charge in [0.05, 0.1) is 17.1 Å². The van der Waals surface area contributed by atoms with Crippen LogP contribution in [0.2, 0.25) is 0 Å². The van der Waals surface area contributed by atoms with Gasteiger partial charge in [0.2, 0.25) is 0 Å². The minimum absolute atomic E-state index is 0.526. The number of aromatic nitrogens is 3. The normalized spacial score (nSPS) is 11.9. The van der Waals surface area contributed by atoms with Crippen molar-refractivity contribution in [1.29, 1.82) is 0 Å². The molecule has 0 fully saturated rings. The third-order valence-electron chi connectivity index (χ3n) is 5.07. The molecule has 0 aliphatic rings. The van der Waals surface area contributed by atoms with E-state index in [2.05, 4.69) is 67.9 Å². The van der Waals surface area contributed by atoms with Crippen LogP contribution in [-0.4, -0.2) is 14.6 Å². The topological polar surface area (TPSA) is 30.2 Å². The van der Waals surface area contributed by atoms with Gasteiger partial charge in [-0.2, -0.15) is 5.10 Å². The third kappa shape index (κ3) is 2.56. The van der Waals surface area contributed by atoms with E-state index < -0.39 is 0 Å². The van der Waals surface area contributed by atoms with Crippen molar-refractivity contribution in [2.75, 3.05) is 0 Å². The van der Waals surface area contributed by atoms with Crippen LogP contribution in [-0.2, 0) is 0 Å². The first-order chi connectivity index (χ1) is 12.1. The van der Waals surface area contributed by atoms with Crippen molar-refractivity contribution in [2.45, 2.75) is 46.5 Å². The molecule has 128 valence electrons. The minimum atomic E-state index is 0.526. The van der Waals surface area contributed by atoms with E-state index >= 15 is 0 Å². The van der Waals surface area contributed by atoms with Crippen LogP contribution in [0.25, 0.3) is 27.0 Å². The molecule has 4 aromatic rings. The highest BCUT2D eigenvalue weighted by Crippen LogP contribution is 2.37. The minimum Gasteiger partial charge on any atom is -0.231 e. The van der Waals surface area contributed by atoms with E-state index in [9.17, 15) is 0 Å². The summed E-state index contributed by atoms with van der Waals surface area (Å²) in [6.07, 6.45) is 2.25. The quantitative estimate of drug-likeness (QED) is 0.443. The Labute approximate surface area is 152 Å². The van der Waals surface area contributed by atoms with Crippen molar-refractivity contribution in [3.05, 3.63) is 52.7 Å². The molecule has 3 heterocycles. The zero-order valence-corrected chi connectivity index (χ0v) is 16.0. The molecule has 25 heavy (non-hydrogen) atoms. The zero-order valence-electron chi connectivity index (χ0n) is 15.2. The first-order valence-corrected chi connectivity index (χ1v) is 9.85. The fourth-order valence-corrected chi connectivity index (χ4v) is 4.72. The van der Waals surface area contributed by atoms with Crippen molar-refractivity contribution in [1.82, 2.24) is 14.6 Å². The van der Waals surface area contributed by atoms with Gasteiger partial charge in [-0.3, -0.25) is 0 Å². The van der Waals surface area contributed by atoms with Crippen molar-refractivity contribution in [3.63, 3.8) is 0 Å². The number of benzene rings is 1. The SMILES string of the molecule is CCC(CC)c1cc(C)nn2c(-c3csc4ccccc34)c(C)nc12. The van der Waals surface area contributed by atoms with E-state index in [0.717, 1.165) is 35.6 Å². The number of hydrogen-bond donors (Lipinski definition) is 0. The fraction of sp³-hybridized carbons (Fsp3) is 0.333. The van der Waals surface area contributed by atoms with E-state index in [4.69, 9.17) is 10.1 Å². The number of rotatable bonds is 4. The molecule has 0 aliphatic heterocycles. The molecule has 4 rings (SSSR count). The van der Waals surface area contributed by atoms with Crippen molar-refractivity contribution in [2.24, 2.45) is 0 Å². The van der Waals surface area contributed by atoms with Gasteiger partial charge >= 0.3 is 0 Å². The summed E-state index contributed by atoms with van der Waals surface area (Å²) in [7, 11) is 0. The van der Waals surface area contributed by atoms with E-state index in [1.165, 1.54) is 21.2 Å². The average molecular weight is 350 g/mol. The highest BCUT2D eigenvalue weighted by molar-refractivity contribution is 7.17. The summed E-state index contributed by atoms with van der Waals surface area (Å²) in [4.78, 5) is 4.94. The Morgan fingerprint density at radius 1 is 1.12 bits per heavy atom. The molecule has 0 unspecified atom stereocenters. The summed E-state index contributed by atoms with van der Waals surface area (Å²) >= 11 is 1.78. The summed E-state index contributed by atoms with van der Waals surface area (Å²) in [5, 5.41) is 8.35. The largest absolute Gasteiger partial charge is 0.231 e. The van der Waals surface area contributed by atoms with Gasteiger partial charge in [-0.1, -0.05) is 32.0 Å². The van der Waals surface area contributed by atoms with Crippen molar-refractivity contribution < 1.29 is 0 Å². The van der Waals surface area contributed by atoms with Crippen molar-refractivity contribution >= 4 is 27.1 Å². The first kappa shape index (κ1) is 16.3. The van der Waals surface area contributed by atoms with Crippen LogP contribution in [0, 0.1) is 13.8 Å². The number of thiophene rings is 1. The van der Waals surface area contributed by atoms with Crippen LogP contribution >= 0.6 is 11.3 Å². The lowest BCUT2D eigenvalue weighted by Gasteiger charge is -2.14. The standard InChI is InChI=1S/C21H23N3S/c1-5-15(6-2)17-11-13(3)23-24-20(14(4)22-21(17)24)18-12-25-19-10-8-7-9-16(18)19/h7-12,15H,5-6H2,1-4H3. The van der Waals surface area contributed by atoms with Gasteiger partial charge in [-0.25, -0.2) is 9.50 Å². The van der Waals surface area contributed by atoms with Gasteiger partial charge in [-0.15, -0.1) is 11.3 Å². The van der Waals surface area contributed by atoms with E-state index in [1.807, 2.05) is 0 Å². The Morgan fingerprint density at radius 3 is 2.64 bits per heavy atom. The summed E-state index contributed by atoms with van der Waals surface area (Å²) in [6, 6.07) is 10.8. The number of nitrogens with zero attached hydrogens (tertiary/aromatic N) is 3. The van der Waals surface area contributed by atoms with Gasteiger partial charge in [-0.05, 0) is 44.7 Å². The van der Waals surface area contributed by atoms with Gasteiger partial charge in [0.15, 0.2) is 5.65 Å².